The molecule has 3 N–H and O–H groups in total. The molecule has 112 valence electrons. The van der Waals surface area contributed by atoms with Crippen LogP contribution in [-0.4, -0.2) is 32.0 Å². The molecule has 1 saturated heterocycles. The van der Waals surface area contributed by atoms with Crippen molar-refractivity contribution < 1.29 is 9.47 Å². The molecule has 2 aliphatic rings. The predicted octanol–water partition coefficient (Wildman–Crippen LogP) is 2.09. The number of ether oxygens (including phenoxy) is 2. The highest BCUT2D eigenvalue weighted by Crippen LogP contribution is 2.40. The van der Waals surface area contributed by atoms with E-state index in [1.54, 1.807) is 0 Å². The highest BCUT2D eigenvalue weighted by Gasteiger charge is 2.45. The quantitative estimate of drug-likeness (QED) is 0.606. The Labute approximate surface area is 117 Å². The van der Waals surface area contributed by atoms with Crippen molar-refractivity contribution in [2.45, 2.75) is 57.6 Å². The predicted molar refractivity (Wildman–Crippen MR) is 76.6 cm³/mol. The second kappa shape index (κ2) is 6.53. The van der Waals surface area contributed by atoms with Crippen molar-refractivity contribution in [3.8, 4) is 0 Å². The van der Waals surface area contributed by atoms with Crippen LogP contribution in [0.5, 0.6) is 0 Å². The molecule has 0 aromatic rings. The van der Waals surface area contributed by atoms with Gasteiger partial charge in [-0.15, -0.1) is 0 Å². The van der Waals surface area contributed by atoms with E-state index in [0.717, 1.165) is 37.9 Å². The smallest absolute Gasteiger partial charge is 0.0890 e. The molecule has 0 spiro atoms. The third-order valence-corrected chi connectivity index (χ3v) is 5.60. The van der Waals surface area contributed by atoms with Crippen molar-refractivity contribution in [2.75, 3.05) is 20.3 Å². The van der Waals surface area contributed by atoms with Gasteiger partial charge in [-0.3, -0.25) is 11.3 Å². The molecule has 0 bridgehead atoms. The SMILES string of the molecule is COC1(C(NN)C2CCC(C)C(C)C2)CCOCC1. The minimum absolute atomic E-state index is 0.141. The molecule has 0 aromatic carbocycles. The number of rotatable bonds is 4. The first kappa shape index (κ1) is 15.2. The molecule has 0 aromatic heterocycles. The zero-order valence-electron chi connectivity index (χ0n) is 12.7. The van der Waals surface area contributed by atoms with Crippen LogP contribution in [0.15, 0.2) is 0 Å². The van der Waals surface area contributed by atoms with E-state index in [1.807, 2.05) is 7.11 Å². The Kier molecular flexibility index (Phi) is 5.23. The molecular formula is C15H30N2O2. The van der Waals surface area contributed by atoms with Gasteiger partial charge in [0.25, 0.3) is 0 Å². The van der Waals surface area contributed by atoms with Gasteiger partial charge in [-0.1, -0.05) is 20.3 Å². The van der Waals surface area contributed by atoms with Crippen molar-refractivity contribution in [3.05, 3.63) is 0 Å². The first-order valence-corrected chi connectivity index (χ1v) is 7.72. The molecule has 4 atom stereocenters. The monoisotopic (exact) mass is 270 g/mol. The lowest BCUT2D eigenvalue weighted by Gasteiger charge is -2.47. The van der Waals surface area contributed by atoms with Crippen LogP contribution in [0.3, 0.4) is 0 Å². The maximum absolute atomic E-state index is 5.92. The Morgan fingerprint density at radius 2 is 1.89 bits per heavy atom. The fourth-order valence-corrected chi connectivity index (χ4v) is 3.97. The van der Waals surface area contributed by atoms with Crippen LogP contribution in [-0.2, 0) is 9.47 Å². The summed E-state index contributed by atoms with van der Waals surface area (Å²) in [7, 11) is 1.82. The maximum Gasteiger partial charge on any atom is 0.0890 e. The summed E-state index contributed by atoms with van der Waals surface area (Å²) >= 11 is 0. The number of hydrazine groups is 1. The topological polar surface area (TPSA) is 56.5 Å². The van der Waals surface area contributed by atoms with Crippen LogP contribution < -0.4 is 11.3 Å². The summed E-state index contributed by atoms with van der Waals surface area (Å²) in [5.74, 6) is 8.14. The zero-order chi connectivity index (χ0) is 13.9. The third-order valence-electron chi connectivity index (χ3n) is 5.60. The molecule has 19 heavy (non-hydrogen) atoms. The molecule has 1 heterocycles. The van der Waals surface area contributed by atoms with E-state index >= 15 is 0 Å². The van der Waals surface area contributed by atoms with E-state index in [0.29, 0.717) is 5.92 Å². The summed E-state index contributed by atoms with van der Waals surface area (Å²) in [5.41, 5.74) is 2.95. The van der Waals surface area contributed by atoms with E-state index in [2.05, 4.69) is 19.3 Å². The van der Waals surface area contributed by atoms with E-state index in [1.165, 1.54) is 19.3 Å². The van der Waals surface area contributed by atoms with Gasteiger partial charge >= 0.3 is 0 Å². The summed E-state index contributed by atoms with van der Waals surface area (Å²) < 4.78 is 11.4. The standard InChI is InChI=1S/C15H30N2O2/c1-11-4-5-13(10-12(11)2)14(17-16)15(18-3)6-8-19-9-7-15/h11-14,17H,4-10,16H2,1-3H3. The number of nitrogens with two attached hydrogens (primary N) is 1. The van der Waals surface area contributed by atoms with Crippen molar-refractivity contribution in [3.63, 3.8) is 0 Å². The minimum atomic E-state index is -0.141. The Morgan fingerprint density at radius 1 is 1.21 bits per heavy atom. The molecule has 1 aliphatic heterocycles. The third kappa shape index (κ3) is 3.13. The molecule has 4 unspecified atom stereocenters. The van der Waals surface area contributed by atoms with Gasteiger partial charge in [0.15, 0.2) is 0 Å². The molecule has 4 nitrogen and oxygen atoms in total. The lowest BCUT2D eigenvalue weighted by atomic mass is 9.68. The number of hydrogen-bond donors (Lipinski definition) is 2. The Balaban J connectivity index is 2.09. The molecule has 0 amide bonds. The average molecular weight is 270 g/mol. The lowest BCUT2D eigenvalue weighted by molar-refractivity contribution is -0.125. The van der Waals surface area contributed by atoms with Crippen LogP contribution in [0.1, 0.15) is 46.0 Å². The fraction of sp³-hybridized carbons (Fsp3) is 1.00. The van der Waals surface area contributed by atoms with Crippen molar-refractivity contribution in [2.24, 2.45) is 23.6 Å². The number of nitrogens with one attached hydrogen (secondary N) is 1. The molecule has 2 fully saturated rings. The summed E-state index contributed by atoms with van der Waals surface area (Å²) in [6.07, 6.45) is 5.70. The lowest BCUT2D eigenvalue weighted by Crippen LogP contribution is -2.60. The number of methoxy groups -OCH3 is 1. The van der Waals surface area contributed by atoms with Crippen LogP contribution in [0.2, 0.25) is 0 Å². The fourth-order valence-electron chi connectivity index (χ4n) is 3.97. The number of hydrogen-bond acceptors (Lipinski definition) is 4. The van der Waals surface area contributed by atoms with Crippen molar-refractivity contribution in [1.82, 2.24) is 5.43 Å². The second-order valence-electron chi connectivity index (χ2n) is 6.55. The summed E-state index contributed by atoms with van der Waals surface area (Å²) in [6, 6.07) is 0.247. The Hall–Kier alpha value is -0.160. The van der Waals surface area contributed by atoms with Crippen molar-refractivity contribution >= 4 is 0 Å². The average Bonchev–Trinajstić information content (AvgIpc) is 2.44. The summed E-state index contributed by atoms with van der Waals surface area (Å²) in [5, 5.41) is 0. The highest BCUT2D eigenvalue weighted by atomic mass is 16.5. The van der Waals surface area contributed by atoms with Gasteiger partial charge in [0.05, 0.1) is 11.6 Å². The first-order chi connectivity index (χ1) is 9.13. The van der Waals surface area contributed by atoms with Crippen LogP contribution in [0.25, 0.3) is 0 Å². The van der Waals surface area contributed by atoms with Gasteiger partial charge in [0.2, 0.25) is 0 Å². The van der Waals surface area contributed by atoms with Crippen LogP contribution >= 0.6 is 0 Å². The summed E-state index contributed by atoms with van der Waals surface area (Å²) in [4.78, 5) is 0. The van der Waals surface area contributed by atoms with Gasteiger partial charge in [-0.25, -0.2) is 0 Å². The maximum atomic E-state index is 5.92. The Morgan fingerprint density at radius 3 is 2.42 bits per heavy atom. The molecule has 1 aliphatic carbocycles. The van der Waals surface area contributed by atoms with E-state index in [4.69, 9.17) is 15.3 Å². The minimum Gasteiger partial charge on any atom is -0.381 e. The van der Waals surface area contributed by atoms with E-state index < -0.39 is 0 Å². The molecule has 1 saturated carbocycles. The molecule has 0 radical (unpaired) electrons. The van der Waals surface area contributed by atoms with Gasteiger partial charge in [0, 0.05) is 33.2 Å². The molecular weight excluding hydrogens is 240 g/mol. The zero-order valence-corrected chi connectivity index (χ0v) is 12.7. The van der Waals surface area contributed by atoms with Gasteiger partial charge in [0.1, 0.15) is 0 Å². The molecule has 2 rings (SSSR count). The summed E-state index contributed by atoms with van der Waals surface area (Å²) in [6.45, 7) is 6.30. The Bertz CT molecular complexity index is 279. The normalized spacial score (nSPS) is 36.9. The first-order valence-electron chi connectivity index (χ1n) is 7.72. The van der Waals surface area contributed by atoms with Gasteiger partial charge in [-0.2, -0.15) is 0 Å². The van der Waals surface area contributed by atoms with Gasteiger partial charge < -0.3 is 9.47 Å². The van der Waals surface area contributed by atoms with E-state index in [9.17, 15) is 0 Å². The second-order valence-corrected chi connectivity index (χ2v) is 6.55. The van der Waals surface area contributed by atoms with Crippen LogP contribution in [0, 0.1) is 17.8 Å². The molecule has 4 heteroatoms. The van der Waals surface area contributed by atoms with E-state index in [-0.39, 0.29) is 11.6 Å². The highest BCUT2D eigenvalue weighted by molar-refractivity contribution is 4.99. The van der Waals surface area contributed by atoms with Crippen LogP contribution in [0.4, 0.5) is 0 Å². The van der Waals surface area contributed by atoms with Gasteiger partial charge in [-0.05, 0) is 30.6 Å². The largest absolute Gasteiger partial charge is 0.381 e. The van der Waals surface area contributed by atoms with Crippen molar-refractivity contribution in [1.29, 1.82) is 0 Å².